The first-order valence-electron chi connectivity index (χ1n) is 9.02. The van der Waals surface area contributed by atoms with E-state index < -0.39 is 6.04 Å². The lowest BCUT2D eigenvalue weighted by atomic mass is 10.0. The van der Waals surface area contributed by atoms with Gasteiger partial charge >= 0.3 is 0 Å². The van der Waals surface area contributed by atoms with E-state index in [-0.39, 0.29) is 5.91 Å². The number of aryl methyl sites for hydroxylation is 1. The number of benzene rings is 3. The molecule has 28 heavy (non-hydrogen) atoms. The summed E-state index contributed by atoms with van der Waals surface area (Å²) in [6.07, 6.45) is 0. The van der Waals surface area contributed by atoms with Gasteiger partial charge in [-0.15, -0.1) is 10.2 Å². The lowest BCUT2D eigenvalue weighted by Gasteiger charge is -2.16. The minimum Gasteiger partial charge on any atom is -0.418 e. The van der Waals surface area contributed by atoms with Gasteiger partial charge in [0.1, 0.15) is 6.04 Å². The number of nitrogens with one attached hydrogen (secondary N) is 1. The van der Waals surface area contributed by atoms with Crippen molar-refractivity contribution in [3.8, 4) is 11.5 Å². The number of nitrogens with zero attached hydrogens (tertiary/aromatic N) is 2. The molecule has 0 bridgehead atoms. The van der Waals surface area contributed by atoms with Crippen LogP contribution in [0.4, 0.5) is 0 Å². The summed E-state index contributed by atoms with van der Waals surface area (Å²) in [7, 11) is 0. The summed E-state index contributed by atoms with van der Waals surface area (Å²) in [6.45, 7) is 1.91. The van der Waals surface area contributed by atoms with E-state index in [1.54, 1.807) is 6.07 Å². The van der Waals surface area contributed by atoms with E-state index in [4.69, 9.17) is 4.42 Å². The molecule has 3 aromatic carbocycles. The Morgan fingerprint density at radius 3 is 2.21 bits per heavy atom. The first-order valence-corrected chi connectivity index (χ1v) is 9.02. The molecule has 138 valence electrons. The molecule has 4 rings (SSSR count). The van der Waals surface area contributed by atoms with Crippen molar-refractivity contribution in [3.05, 3.63) is 108 Å². The summed E-state index contributed by atoms with van der Waals surface area (Å²) in [5, 5.41) is 11.4. The van der Waals surface area contributed by atoms with E-state index in [0.717, 1.165) is 16.7 Å². The maximum absolute atomic E-state index is 12.9. The molecule has 0 radical (unpaired) electrons. The van der Waals surface area contributed by atoms with Gasteiger partial charge in [-0.3, -0.25) is 4.79 Å². The van der Waals surface area contributed by atoms with Gasteiger partial charge in [0.2, 0.25) is 11.8 Å². The van der Waals surface area contributed by atoms with Gasteiger partial charge in [0.05, 0.1) is 0 Å². The third-order valence-electron chi connectivity index (χ3n) is 4.51. The van der Waals surface area contributed by atoms with E-state index in [1.165, 1.54) is 0 Å². The van der Waals surface area contributed by atoms with Crippen molar-refractivity contribution in [2.24, 2.45) is 0 Å². The van der Waals surface area contributed by atoms with Gasteiger partial charge in [0.15, 0.2) is 0 Å². The number of hydrogen-bond donors (Lipinski definition) is 1. The Labute approximate surface area is 163 Å². The van der Waals surface area contributed by atoms with Crippen molar-refractivity contribution in [1.82, 2.24) is 15.5 Å². The van der Waals surface area contributed by atoms with Gasteiger partial charge in [-0.25, -0.2) is 0 Å². The largest absolute Gasteiger partial charge is 0.418 e. The molecule has 0 spiro atoms. The zero-order chi connectivity index (χ0) is 19.3. The first-order chi connectivity index (χ1) is 13.7. The van der Waals surface area contributed by atoms with Crippen molar-refractivity contribution < 1.29 is 9.21 Å². The van der Waals surface area contributed by atoms with Crippen LogP contribution in [0.15, 0.2) is 89.3 Å². The third kappa shape index (κ3) is 3.69. The molecule has 4 aromatic rings. The van der Waals surface area contributed by atoms with Crippen molar-refractivity contribution in [1.29, 1.82) is 0 Å². The van der Waals surface area contributed by atoms with Gasteiger partial charge < -0.3 is 9.73 Å². The molecule has 0 aliphatic carbocycles. The van der Waals surface area contributed by atoms with E-state index in [0.29, 0.717) is 17.3 Å². The Morgan fingerprint density at radius 1 is 0.857 bits per heavy atom. The fraction of sp³-hybridized carbons (Fsp3) is 0.0870. The van der Waals surface area contributed by atoms with Crippen molar-refractivity contribution in [3.63, 3.8) is 0 Å². The number of carbonyl (C=O) groups excluding carboxylic acids is 1. The zero-order valence-electron chi connectivity index (χ0n) is 15.4. The SMILES string of the molecule is Cc1ccccc1C(=O)NC(c1ccccc1)c1nnc(-c2ccccc2)o1. The van der Waals surface area contributed by atoms with Crippen molar-refractivity contribution in [2.75, 3.05) is 0 Å². The van der Waals surface area contributed by atoms with Crippen molar-refractivity contribution >= 4 is 5.91 Å². The highest BCUT2D eigenvalue weighted by Gasteiger charge is 2.24. The van der Waals surface area contributed by atoms with Crippen LogP contribution in [0.2, 0.25) is 0 Å². The highest BCUT2D eigenvalue weighted by Crippen LogP contribution is 2.25. The molecule has 1 atom stereocenters. The highest BCUT2D eigenvalue weighted by atomic mass is 16.4. The molecule has 5 nitrogen and oxygen atoms in total. The van der Waals surface area contributed by atoms with Crippen LogP contribution >= 0.6 is 0 Å². The number of amides is 1. The lowest BCUT2D eigenvalue weighted by Crippen LogP contribution is -2.30. The number of hydrogen-bond acceptors (Lipinski definition) is 4. The molecular formula is C23H19N3O2. The van der Waals surface area contributed by atoms with E-state index in [9.17, 15) is 4.79 Å². The molecule has 0 saturated carbocycles. The molecule has 1 aromatic heterocycles. The number of carbonyl (C=O) groups is 1. The number of rotatable bonds is 5. The zero-order valence-corrected chi connectivity index (χ0v) is 15.4. The lowest BCUT2D eigenvalue weighted by molar-refractivity contribution is 0.0937. The van der Waals surface area contributed by atoms with Crippen LogP contribution in [0.5, 0.6) is 0 Å². The topological polar surface area (TPSA) is 68.0 Å². The predicted octanol–water partition coefficient (Wildman–Crippen LogP) is 4.56. The minimum atomic E-state index is -0.543. The average molecular weight is 369 g/mol. The monoisotopic (exact) mass is 369 g/mol. The summed E-state index contributed by atoms with van der Waals surface area (Å²) >= 11 is 0. The minimum absolute atomic E-state index is 0.189. The van der Waals surface area contributed by atoms with E-state index >= 15 is 0 Å². The summed E-state index contributed by atoms with van der Waals surface area (Å²) in [5.41, 5.74) is 3.22. The third-order valence-corrected chi connectivity index (χ3v) is 4.51. The Bertz CT molecular complexity index is 1080. The molecule has 1 heterocycles. The summed E-state index contributed by atoms with van der Waals surface area (Å²) in [5.74, 6) is 0.570. The standard InChI is InChI=1S/C23H19N3O2/c1-16-10-8-9-15-19(16)21(27)24-20(17-11-4-2-5-12-17)23-26-25-22(28-23)18-13-6-3-7-14-18/h2-15,20H,1H3,(H,24,27). The fourth-order valence-electron chi connectivity index (χ4n) is 3.02. The Morgan fingerprint density at radius 2 is 1.50 bits per heavy atom. The summed E-state index contributed by atoms with van der Waals surface area (Å²) < 4.78 is 5.92. The molecule has 0 fully saturated rings. The first kappa shape index (κ1) is 17.7. The molecule has 1 amide bonds. The molecular weight excluding hydrogens is 350 g/mol. The van der Waals surface area contributed by atoms with Crippen LogP contribution in [0.25, 0.3) is 11.5 Å². The van der Waals surface area contributed by atoms with Gasteiger partial charge in [0, 0.05) is 11.1 Å². The summed E-state index contributed by atoms with van der Waals surface area (Å²) in [6, 6.07) is 26.1. The smallest absolute Gasteiger partial charge is 0.252 e. The summed E-state index contributed by atoms with van der Waals surface area (Å²) in [4.78, 5) is 12.9. The average Bonchev–Trinajstić information content (AvgIpc) is 3.23. The van der Waals surface area contributed by atoms with Gasteiger partial charge in [0.25, 0.3) is 5.91 Å². The van der Waals surface area contributed by atoms with E-state index in [1.807, 2.05) is 85.8 Å². The second-order valence-corrected chi connectivity index (χ2v) is 6.44. The van der Waals surface area contributed by atoms with Gasteiger partial charge in [-0.1, -0.05) is 66.7 Å². The number of aromatic nitrogens is 2. The molecule has 5 heteroatoms. The van der Waals surface area contributed by atoms with Crippen LogP contribution in [-0.2, 0) is 0 Å². The highest BCUT2D eigenvalue weighted by molar-refractivity contribution is 5.96. The van der Waals surface area contributed by atoms with Crippen LogP contribution < -0.4 is 5.32 Å². The van der Waals surface area contributed by atoms with Crippen LogP contribution in [0.1, 0.15) is 33.4 Å². The van der Waals surface area contributed by atoms with Gasteiger partial charge in [-0.2, -0.15) is 0 Å². The van der Waals surface area contributed by atoms with Crippen LogP contribution in [0, 0.1) is 6.92 Å². The van der Waals surface area contributed by atoms with Crippen molar-refractivity contribution in [2.45, 2.75) is 13.0 Å². The van der Waals surface area contributed by atoms with Crippen LogP contribution in [0.3, 0.4) is 0 Å². The normalized spacial score (nSPS) is 11.8. The molecule has 0 aliphatic rings. The molecule has 1 unspecified atom stereocenters. The predicted molar refractivity (Wildman–Crippen MR) is 107 cm³/mol. The Hall–Kier alpha value is -3.73. The fourth-order valence-corrected chi connectivity index (χ4v) is 3.02. The quantitative estimate of drug-likeness (QED) is 0.560. The van der Waals surface area contributed by atoms with Gasteiger partial charge in [-0.05, 0) is 36.2 Å². The van der Waals surface area contributed by atoms with E-state index in [2.05, 4.69) is 15.5 Å². The molecule has 1 N–H and O–H groups in total. The second kappa shape index (κ2) is 7.88. The molecule has 0 saturated heterocycles. The molecule has 0 aliphatic heterocycles. The maximum atomic E-state index is 12.9. The second-order valence-electron chi connectivity index (χ2n) is 6.44. The maximum Gasteiger partial charge on any atom is 0.252 e. The Balaban J connectivity index is 1.68. The Kier molecular flexibility index (Phi) is 4.97. The van der Waals surface area contributed by atoms with Crippen LogP contribution in [-0.4, -0.2) is 16.1 Å².